The molecule has 1 heterocycles. The lowest BCUT2D eigenvalue weighted by Crippen LogP contribution is -2.51. The largest absolute Gasteiger partial charge is 0.496 e. The number of likely N-dealkylation sites (tertiary alicyclic amines) is 1. The first-order chi connectivity index (χ1) is 8.96. The van der Waals surface area contributed by atoms with Gasteiger partial charge in [-0.15, -0.1) is 0 Å². The van der Waals surface area contributed by atoms with E-state index in [-0.39, 0.29) is 17.5 Å². The zero-order valence-corrected chi connectivity index (χ0v) is 11.8. The molecule has 19 heavy (non-hydrogen) atoms. The summed E-state index contributed by atoms with van der Waals surface area (Å²) in [4.78, 5) is 14.4. The average Bonchev–Trinajstić information content (AvgIpc) is 2.65. The van der Waals surface area contributed by atoms with Crippen molar-refractivity contribution in [2.45, 2.75) is 38.3 Å². The summed E-state index contributed by atoms with van der Waals surface area (Å²) >= 11 is 0. The van der Waals surface area contributed by atoms with Crippen molar-refractivity contribution in [1.82, 2.24) is 4.90 Å². The summed E-state index contributed by atoms with van der Waals surface area (Å²) in [5.74, 6) is 0.875. The van der Waals surface area contributed by atoms with Crippen LogP contribution in [0.4, 0.5) is 0 Å². The van der Waals surface area contributed by atoms with Crippen molar-refractivity contribution in [1.29, 1.82) is 0 Å². The van der Waals surface area contributed by atoms with Gasteiger partial charge in [-0.2, -0.15) is 0 Å². The van der Waals surface area contributed by atoms with Gasteiger partial charge >= 0.3 is 0 Å². The minimum Gasteiger partial charge on any atom is -0.496 e. The summed E-state index contributed by atoms with van der Waals surface area (Å²) < 4.78 is 5.29. The second-order valence-electron chi connectivity index (χ2n) is 5.58. The Morgan fingerprint density at radius 2 is 2.16 bits per heavy atom. The molecule has 1 aliphatic heterocycles. The lowest BCUT2D eigenvalue weighted by Gasteiger charge is -2.34. The van der Waals surface area contributed by atoms with E-state index in [9.17, 15) is 4.79 Å². The van der Waals surface area contributed by atoms with Crippen molar-refractivity contribution < 1.29 is 9.53 Å². The molecule has 1 aliphatic rings. The lowest BCUT2D eigenvalue weighted by molar-refractivity contribution is -0.133. The highest BCUT2D eigenvalue weighted by molar-refractivity contribution is 5.80. The molecule has 1 amide bonds. The Hall–Kier alpha value is -1.55. The summed E-state index contributed by atoms with van der Waals surface area (Å²) in [5, 5.41) is 0. The van der Waals surface area contributed by atoms with Crippen molar-refractivity contribution >= 4 is 5.91 Å². The fraction of sp³-hybridized carbons (Fsp3) is 0.533. The molecule has 1 atom stereocenters. The number of carbonyl (C=O) groups is 1. The molecule has 1 aromatic carbocycles. The van der Waals surface area contributed by atoms with Gasteiger partial charge in [-0.25, -0.2) is 0 Å². The van der Waals surface area contributed by atoms with E-state index in [0.29, 0.717) is 6.42 Å². The van der Waals surface area contributed by atoms with Gasteiger partial charge in [-0.05, 0) is 26.3 Å². The van der Waals surface area contributed by atoms with Crippen molar-refractivity contribution in [3.8, 4) is 5.75 Å². The van der Waals surface area contributed by atoms with Gasteiger partial charge in [0.25, 0.3) is 0 Å². The van der Waals surface area contributed by atoms with E-state index in [1.165, 1.54) is 0 Å². The Labute approximate surface area is 114 Å². The molecule has 2 N–H and O–H groups in total. The summed E-state index contributed by atoms with van der Waals surface area (Å²) in [6.45, 7) is 4.80. The number of carbonyl (C=O) groups excluding carboxylic acids is 1. The van der Waals surface area contributed by atoms with Crippen molar-refractivity contribution in [3.05, 3.63) is 29.8 Å². The van der Waals surface area contributed by atoms with E-state index in [0.717, 1.165) is 24.3 Å². The normalized spacial score (nSPS) is 21.5. The third-order valence-electron chi connectivity index (χ3n) is 4.10. The molecular weight excluding hydrogens is 240 g/mol. The zero-order chi connectivity index (χ0) is 14.0. The Balaban J connectivity index is 2.14. The van der Waals surface area contributed by atoms with Gasteiger partial charge in [0, 0.05) is 18.2 Å². The summed E-state index contributed by atoms with van der Waals surface area (Å²) in [5.41, 5.74) is 6.73. The number of nitrogens with zero attached hydrogens (tertiary/aromatic N) is 1. The number of benzene rings is 1. The molecule has 4 heteroatoms. The molecule has 0 radical (unpaired) electrons. The molecular formula is C15H22N2O2. The van der Waals surface area contributed by atoms with E-state index in [1.54, 1.807) is 7.11 Å². The SMILES string of the molecule is COc1ccccc1CC(=O)N1CCC(N)C1(C)C. The summed E-state index contributed by atoms with van der Waals surface area (Å²) in [7, 11) is 1.62. The minimum absolute atomic E-state index is 0.0501. The van der Waals surface area contributed by atoms with Crippen LogP contribution in [-0.4, -0.2) is 36.0 Å². The molecule has 2 rings (SSSR count). The van der Waals surface area contributed by atoms with Crippen LogP contribution in [0.5, 0.6) is 5.75 Å². The standard InChI is InChI=1S/C15H22N2O2/c1-15(2)13(16)8-9-17(15)14(18)10-11-6-4-5-7-12(11)19-3/h4-7,13H,8-10,16H2,1-3H3. The number of nitrogens with two attached hydrogens (primary N) is 1. The molecule has 0 aromatic heterocycles. The Kier molecular flexibility index (Phi) is 3.80. The van der Waals surface area contributed by atoms with Crippen LogP contribution in [0.1, 0.15) is 25.8 Å². The Morgan fingerprint density at radius 1 is 1.47 bits per heavy atom. The quantitative estimate of drug-likeness (QED) is 0.899. The number of para-hydroxylation sites is 1. The van der Waals surface area contributed by atoms with Gasteiger partial charge in [0.1, 0.15) is 5.75 Å². The van der Waals surface area contributed by atoms with Crippen LogP contribution in [-0.2, 0) is 11.2 Å². The third kappa shape index (κ3) is 2.59. The summed E-state index contributed by atoms with van der Waals surface area (Å²) in [6, 6.07) is 7.69. The number of ether oxygens (including phenoxy) is 1. The first-order valence-corrected chi connectivity index (χ1v) is 6.64. The smallest absolute Gasteiger partial charge is 0.227 e. The van der Waals surface area contributed by atoms with Crippen LogP contribution in [0.2, 0.25) is 0 Å². The molecule has 1 saturated heterocycles. The summed E-state index contributed by atoms with van der Waals surface area (Å²) in [6.07, 6.45) is 1.23. The molecule has 0 spiro atoms. The van der Waals surface area contributed by atoms with Crippen molar-refractivity contribution in [3.63, 3.8) is 0 Å². The fourth-order valence-electron chi connectivity index (χ4n) is 2.66. The van der Waals surface area contributed by atoms with E-state index in [2.05, 4.69) is 0 Å². The predicted octanol–water partition coefficient (Wildman–Crippen LogP) is 1.58. The number of methoxy groups -OCH3 is 1. The highest BCUT2D eigenvalue weighted by Gasteiger charge is 2.41. The van der Waals surface area contributed by atoms with Crippen LogP contribution in [0, 0.1) is 0 Å². The maximum Gasteiger partial charge on any atom is 0.227 e. The maximum atomic E-state index is 12.5. The van der Waals surface area contributed by atoms with Gasteiger partial charge in [0.15, 0.2) is 0 Å². The third-order valence-corrected chi connectivity index (χ3v) is 4.10. The Morgan fingerprint density at radius 3 is 2.74 bits per heavy atom. The van der Waals surface area contributed by atoms with Gasteiger partial charge in [0.2, 0.25) is 5.91 Å². The van der Waals surface area contributed by atoms with Crippen LogP contribution in [0.3, 0.4) is 0 Å². The first kappa shape index (κ1) is 13.9. The first-order valence-electron chi connectivity index (χ1n) is 6.64. The molecule has 0 bridgehead atoms. The van der Waals surface area contributed by atoms with Crippen LogP contribution in [0.15, 0.2) is 24.3 Å². The number of amides is 1. The van der Waals surface area contributed by atoms with Gasteiger partial charge < -0.3 is 15.4 Å². The molecule has 104 valence electrons. The second kappa shape index (κ2) is 5.21. The second-order valence-corrected chi connectivity index (χ2v) is 5.58. The van der Waals surface area contributed by atoms with Crippen LogP contribution >= 0.6 is 0 Å². The van der Waals surface area contributed by atoms with Gasteiger partial charge in [-0.1, -0.05) is 18.2 Å². The monoisotopic (exact) mass is 262 g/mol. The van der Waals surface area contributed by atoms with E-state index < -0.39 is 0 Å². The van der Waals surface area contributed by atoms with Gasteiger partial charge in [-0.3, -0.25) is 4.79 Å². The number of rotatable bonds is 3. The highest BCUT2D eigenvalue weighted by atomic mass is 16.5. The predicted molar refractivity (Wildman–Crippen MR) is 75.1 cm³/mol. The molecule has 4 nitrogen and oxygen atoms in total. The molecule has 0 aliphatic carbocycles. The van der Waals surface area contributed by atoms with Crippen LogP contribution in [0.25, 0.3) is 0 Å². The van der Waals surface area contributed by atoms with Gasteiger partial charge in [0.05, 0.1) is 19.1 Å². The molecule has 1 fully saturated rings. The Bertz CT molecular complexity index is 471. The van der Waals surface area contributed by atoms with E-state index >= 15 is 0 Å². The van der Waals surface area contributed by atoms with E-state index in [1.807, 2.05) is 43.0 Å². The number of hydrogen-bond donors (Lipinski definition) is 1. The minimum atomic E-state index is -0.265. The topological polar surface area (TPSA) is 55.6 Å². The number of hydrogen-bond acceptors (Lipinski definition) is 3. The fourth-order valence-corrected chi connectivity index (χ4v) is 2.66. The molecule has 1 aromatic rings. The maximum absolute atomic E-state index is 12.5. The highest BCUT2D eigenvalue weighted by Crippen LogP contribution is 2.29. The zero-order valence-electron chi connectivity index (χ0n) is 11.8. The average molecular weight is 262 g/mol. The molecule has 0 saturated carbocycles. The van der Waals surface area contributed by atoms with Crippen molar-refractivity contribution in [2.24, 2.45) is 5.73 Å². The van der Waals surface area contributed by atoms with E-state index in [4.69, 9.17) is 10.5 Å². The van der Waals surface area contributed by atoms with Crippen molar-refractivity contribution in [2.75, 3.05) is 13.7 Å². The lowest BCUT2D eigenvalue weighted by atomic mass is 9.96. The molecule has 1 unspecified atom stereocenters. The van der Waals surface area contributed by atoms with Crippen LogP contribution < -0.4 is 10.5 Å².